The molecule has 0 aromatic heterocycles. The normalized spacial score (nSPS) is 17.9. The summed E-state index contributed by atoms with van der Waals surface area (Å²) in [5, 5.41) is 11.1. The third kappa shape index (κ3) is 4.99. The van der Waals surface area contributed by atoms with Gasteiger partial charge in [0.15, 0.2) is 5.75 Å². The molecular formula is C16H19F3N2O5. The molecule has 0 bridgehead atoms. The van der Waals surface area contributed by atoms with Crippen LogP contribution in [0.4, 0.5) is 23.7 Å². The third-order valence-corrected chi connectivity index (χ3v) is 3.57. The molecule has 0 aliphatic carbocycles. The van der Waals surface area contributed by atoms with Crippen LogP contribution in [0.15, 0.2) is 18.2 Å². The number of halogens is 3. The second-order valence-corrected chi connectivity index (χ2v) is 6.89. The van der Waals surface area contributed by atoms with Gasteiger partial charge >= 0.3 is 18.0 Å². The van der Waals surface area contributed by atoms with Gasteiger partial charge in [-0.15, -0.1) is 0 Å². The smallest absolute Gasteiger partial charge is 0.416 e. The molecule has 0 radical (unpaired) electrons. The van der Waals surface area contributed by atoms with E-state index in [0.717, 1.165) is 12.1 Å². The van der Waals surface area contributed by atoms with Crippen LogP contribution in [0.25, 0.3) is 0 Å². The van der Waals surface area contributed by atoms with Crippen LogP contribution in [-0.2, 0) is 10.9 Å². The Morgan fingerprint density at radius 3 is 2.50 bits per heavy atom. The summed E-state index contributed by atoms with van der Waals surface area (Å²) >= 11 is 0. The number of amides is 1. The van der Waals surface area contributed by atoms with Crippen LogP contribution in [0.3, 0.4) is 0 Å². The number of nitrogens with zero attached hydrogens (tertiary/aromatic N) is 2. The van der Waals surface area contributed by atoms with Crippen LogP contribution >= 0.6 is 0 Å². The number of likely N-dealkylation sites (tertiary alicyclic amines) is 1. The van der Waals surface area contributed by atoms with Crippen molar-refractivity contribution < 1.29 is 32.4 Å². The molecule has 1 amide bonds. The Labute approximate surface area is 147 Å². The predicted molar refractivity (Wildman–Crippen MR) is 84.9 cm³/mol. The van der Waals surface area contributed by atoms with Gasteiger partial charge in [0.25, 0.3) is 0 Å². The first-order chi connectivity index (χ1) is 11.9. The second kappa shape index (κ2) is 7.00. The molecule has 2 rings (SSSR count). The van der Waals surface area contributed by atoms with Crippen LogP contribution in [-0.4, -0.2) is 40.7 Å². The number of nitro groups is 1. The number of nitro benzene ring substituents is 1. The number of alkyl halides is 3. The Morgan fingerprint density at radius 1 is 1.31 bits per heavy atom. The number of benzene rings is 1. The third-order valence-electron chi connectivity index (χ3n) is 3.57. The minimum absolute atomic E-state index is 0.132. The highest BCUT2D eigenvalue weighted by molar-refractivity contribution is 5.68. The molecule has 1 heterocycles. The molecule has 1 aromatic carbocycles. The summed E-state index contributed by atoms with van der Waals surface area (Å²) in [5.74, 6) is -0.265. The van der Waals surface area contributed by atoms with E-state index in [4.69, 9.17) is 9.47 Å². The van der Waals surface area contributed by atoms with E-state index < -0.39 is 40.1 Å². The number of ether oxygens (including phenoxy) is 2. The Balaban J connectivity index is 2.10. The average Bonchev–Trinajstić information content (AvgIpc) is 2.93. The molecule has 0 N–H and O–H groups in total. The number of hydrogen-bond acceptors (Lipinski definition) is 5. The summed E-state index contributed by atoms with van der Waals surface area (Å²) in [7, 11) is 0. The molecule has 1 saturated heterocycles. The molecule has 1 fully saturated rings. The van der Waals surface area contributed by atoms with Crippen molar-refractivity contribution in [2.75, 3.05) is 13.1 Å². The molecule has 7 nitrogen and oxygen atoms in total. The molecule has 26 heavy (non-hydrogen) atoms. The predicted octanol–water partition coefficient (Wildman–Crippen LogP) is 4.00. The fraction of sp³-hybridized carbons (Fsp3) is 0.562. The minimum Gasteiger partial charge on any atom is -0.482 e. The molecule has 1 aliphatic heterocycles. The molecule has 144 valence electrons. The van der Waals surface area contributed by atoms with Crippen molar-refractivity contribution in [2.45, 2.75) is 45.1 Å². The first-order valence-corrected chi connectivity index (χ1v) is 7.87. The summed E-state index contributed by atoms with van der Waals surface area (Å²) in [6.45, 7) is 5.63. The van der Waals surface area contributed by atoms with Crippen LogP contribution < -0.4 is 4.74 Å². The van der Waals surface area contributed by atoms with Gasteiger partial charge in [-0.2, -0.15) is 13.2 Å². The van der Waals surface area contributed by atoms with E-state index in [-0.39, 0.29) is 12.3 Å². The monoisotopic (exact) mass is 376 g/mol. The van der Waals surface area contributed by atoms with E-state index in [1.165, 1.54) is 4.90 Å². The zero-order valence-electron chi connectivity index (χ0n) is 14.5. The number of rotatable bonds is 3. The SMILES string of the molecule is CC(C)(C)OC(=O)N1CCC(Oc2ccc(C(F)(F)F)cc2[N+](=O)[O-])C1. The fourth-order valence-electron chi connectivity index (χ4n) is 2.43. The minimum atomic E-state index is -4.69. The lowest BCUT2D eigenvalue weighted by molar-refractivity contribution is -0.386. The maximum Gasteiger partial charge on any atom is 0.416 e. The summed E-state index contributed by atoms with van der Waals surface area (Å²) in [6, 6.07) is 2.09. The van der Waals surface area contributed by atoms with Crippen molar-refractivity contribution >= 4 is 11.8 Å². The summed E-state index contributed by atoms with van der Waals surface area (Å²) in [4.78, 5) is 23.6. The van der Waals surface area contributed by atoms with E-state index in [1.54, 1.807) is 20.8 Å². The molecule has 1 atom stereocenters. The molecule has 1 aromatic rings. The molecule has 0 spiro atoms. The molecular weight excluding hydrogens is 357 g/mol. The highest BCUT2D eigenvalue weighted by Crippen LogP contribution is 2.37. The molecule has 1 aliphatic rings. The number of carbonyl (C=O) groups is 1. The van der Waals surface area contributed by atoms with Gasteiger partial charge in [-0.1, -0.05) is 0 Å². The van der Waals surface area contributed by atoms with Gasteiger partial charge in [-0.3, -0.25) is 10.1 Å². The van der Waals surface area contributed by atoms with Gasteiger partial charge in [0, 0.05) is 19.0 Å². The van der Waals surface area contributed by atoms with Gasteiger partial charge in [-0.05, 0) is 32.9 Å². The van der Waals surface area contributed by atoms with Crippen LogP contribution in [0.5, 0.6) is 5.75 Å². The maximum atomic E-state index is 12.7. The van der Waals surface area contributed by atoms with E-state index in [1.807, 2.05) is 0 Å². The van der Waals surface area contributed by atoms with Crippen molar-refractivity contribution in [3.63, 3.8) is 0 Å². The fourth-order valence-corrected chi connectivity index (χ4v) is 2.43. The highest BCUT2D eigenvalue weighted by atomic mass is 19.4. The van der Waals surface area contributed by atoms with E-state index in [0.29, 0.717) is 19.0 Å². The molecule has 1 unspecified atom stereocenters. The van der Waals surface area contributed by atoms with Crippen molar-refractivity contribution in [1.29, 1.82) is 0 Å². The van der Waals surface area contributed by atoms with Crippen molar-refractivity contribution in [2.24, 2.45) is 0 Å². The summed E-state index contributed by atoms with van der Waals surface area (Å²) in [6.07, 6.45) is -5.41. The lowest BCUT2D eigenvalue weighted by Gasteiger charge is -2.24. The van der Waals surface area contributed by atoms with Crippen molar-refractivity contribution in [3.05, 3.63) is 33.9 Å². The number of carbonyl (C=O) groups excluding carboxylic acids is 1. The number of hydrogen-bond donors (Lipinski definition) is 0. The van der Waals surface area contributed by atoms with Crippen LogP contribution in [0.2, 0.25) is 0 Å². The Bertz CT molecular complexity index is 700. The highest BCUT2D eigenvalue weighted by Gasteiger charge is 2.35. The average molecular weight is 376 g/mol. The van der Waals surface area contributed by atoms with Gasteiger partial charge in [-0.25, -0.2) is 4.79 Å². The zero-order chi connectivity index (χ0) is 19.7. The topological polar surface area (TPSA) is 81.9 Å². The Hall–Kier alpha value is -2.52. The van der Waals surface area contributed by atoms with E-state index >= 15 is 0 Å². The largest absolute Gasteiger partial charge is 0.482 e. The van der Waals surface area contributed by atoms with Gasteiger partial charge in [0.1, 0.15) is 11.7 Å². The van der Waals surface area contributed by atoms with E-state index in [2.05, 4.69) is 0 Å². The van der Waals surface area contributed by atoms with Gasteiger partial charge in [0.05, 0.1) is 17.0 Å². The Morgan fingerprint density at radius 2 is 1.96 bits per heavy atom. The quantitative estimate of drug-likeness (QED) is 0.588. The molecule has 10 heteroatoms. The first-order valence-electron chi connectivity index (χ1n) is 7.87. The maximum absolute atomic E-state index is 12.7. The van der Waals surface area contributed by atoms with Crippen molar-refractivity contribution in [3.8, 4) is 5.75 Å². The summed E-state index contributed by atoms with van der Waals surface area (Å²) in [5.41, 5.74) is -2.56. The zero-order valence-corrected chi connectivity index (χ0v) is 14.5. The lowest BCUT2D eigenvalue weighted by Crippen LogP contribution is -2.36. The van der Waals surface area contributed by atoms with E-state index in [9.17, 15) is 28.1 Å². The summed E-state index contributed by atoms with van der Waals surface area (Å²) < 4.78 is 48.9. The lowest BCUT2D eigenvalue weighted by atomic mass is 10.2. The van der Waals surface area contributed by atoms with Gasteiger partial charge in [0.2, 0.25) is 0 Å². The van der Waals surface area contributed by atoms with Crippen molar-refractivity contribution in [1.82, 2.24) is 4.90 Å². The second-order valence-electron chi connectivity index (χ2n) is 6.89. The van der Waals surface area contributed by atoms with Crippen LogP contribution in [0.1, 0.15) is 32.8 Å². The molecule has 0 saturated carbocycles. The standard InChI is InChI=1S/C16H19F3N2O5/c1-15(2,3)26-14(22)20-7-6-11(9-20)25-13-5-4-10(16(17,18)19)8-12(13)21(23)24/h4-5,8,11H,6-7,9H2,1-3H3. The first kappa shape index (κ1) is 19.8. The Kier molecular flexibility index (Phi) is 5.33. The van der Waals surface area contributed by atoms with Gasteiger partial charge < -0.3 is 14.4 Å². The van der Waals surface area contributed by atoms with Crippen LogP contribution in [0, 0.1) is 10.1 Å².